The first-order valence-electron chi connectivity index (χ1n) is 7.18. The standard InChI is InChI=1S/C15H25BrO2/c1-13-12-14(18-15(13)17)10-8-6-4-2-3-5-7-9-11-16/h14H,1-12H2. The Morgan fingerprint density at radius 1 is 1.06 bits per heavy atom. The van der Waals surface area contributed by atoms with E-state index in [4.69, 9.17) is 4.74 Å². The summed E-state index contributed by atoms with van der Waals surface area (Å²) in [6.45, 7) is 3.70. The third-order valence-electron chi connectivity index (χ3n) is 3.45. The summed E-state index contributed by atoms with van der Waals surface area (Å²) >= 11 is 3.45. The number of rotatable bonds is 10. The molecule has 0 N–H and O–H groups in total. The third kappa shape index (κ3) is 6.58. The van der Waals surface area contributed by atoms with Gasteiger partial charge in [0.1, 0.15) is 6.10 Å². The van der Waals surface area contributed by atoms with Crippen LogP contribution in [0.25, 0.3) is 0 Å². The second-order valence-electron chi connectivity index (χ2n) is 5.14. The number of esters is 1. The van der Waals surface area contributed by atoms with E-state index in [9.17, 15) is 4.79 Å². The summed E-state index contributed by atoms with van der Waals surface area (Å²) in [6.07, 6.45) is 12.3. The normalized spacial score (nSPS) is 19.3. The summed E-state index contributed by atoms with van der Waals surface area (Å²) in [4.78, 5) is 11.1. The molecule has 104 valence electrons. The van der Waals surface area contributed by atoms with Crippen molar-refractivity contribution >= 4 is 21.9 Å². The minimum atomic E-state index is -0.188. The van der Waals surface area contributed by atoms with E-state index >= 15 is 0 Å². The monoisotopic (exact) mass is 316 g/mol. The number of carbonyl (C=O) groups excluding carboxylic acids is 1. The average molecular weight is 317 g/mol. The van der Waals surface area contributed by atoms with Crippen LogP contribution in [0.3, 0.4) is 0 Å². The van der Waals surface area contributed by atoms with Gasteiger partial charge < -0.3 is 4.74 Å². The van der Waals surface area contributed by atoms with Gasteiger partial charge >= 0.3 is 5.97 Å². The number of unbranched alkanes of at least 4 members (excludes halogenated alkanes) is 7. The van der Waals surface area contributed by atoms with Crippen molar-refractivity contribution in [1.82, 2.24) is 0 Å². The van der Waals surface area contributed by atoms with Crippen molar-refractivity contribution in [1.29, 1.82) is 0 Å². The molecule has 1 fully saturated rings. The number of hydrogen-bond donors (Lipinski definition) is 0. The first-order chi connectivity index (χ1) is 8.74. The summed E-state index contributed by atoms with van der Waals surface area (Å²) in [5.74, 6) is -0.188. The number of carbonyl (C=O) groups is 1. The largest absolute Gasteiger partial charge is 0.459 e. The van der Waals surface area contributed by atoms with Crippen LogP contribution in [0.1, 0.15) is 64.2 Å². The molecule has 1 atom stereocenters. The van der Waals surface area contributed by atoms with Gasteiger partial charge in [0.15, 0.2) is 0 Å². The summed E-state index contributed by atoms with van der Waals surface area (Å²) in [6, 6.07) is 0. The molecule has 0 aliphatic carbocycles. The van der Waals surface area contributed by atoms with E-state index in [0.29, 0.717) is 5.57 Å². The Hall–Kier alpha value is -0.310. The molecule has 0 aromatic rings. The van der Waals surface area contributed by atoms with E-state index in [0.717, 1.165) is 18.2 Å². The zero-order chi connectivity index (χ0) is 13.2. The van der Waals surface area contributed by atoms with Gasteiger partial charge in [-0.1, -0.05) is 61.0 Å². The van der Waals surface area contributed by atoms with Crippen LogP contribution >= 0.6 is 15.9 Å². The van der Waals surface area contributed by atoms with Gasteiger partial charge in [-0.25, -0.2) is 4.79 Å². The molecule has 2 nitrogen and oxygen atoms in total. The predicted octanol–water partition coefficient (Wildman–Crippen LogP) is 4.76. The first kappa shape index (κ1) is 15.7. The quantitative estimate of drug-likeness (QED) is 0.251. The molecule has 18 heavy (non-hydrogen) atoms. The van der Waals surface area contributed by atoms with Gasteiger partial charge in [0, 0.05) is 17.3 Å². The summed E-state index contributed by atoms with van der Waals surface area (Å²) in [5, 5.41) is 1.14. The summed E-state index contributed by atoms with van der Waals surface area (Å²) in [5.41, 5.74) is 0.645. The van der Waals surface area contributed by atoms with Crippen LogP contribution < -0.4 is 0 Å². The van der Waals surface area contributed by atoms with E-state index in [1.165, 1.54) is 51.4 Å². The highest BCUT2D eigenvalue weighted by molar-refractivity contribution is 9.09. The topological polar surface area (TPSA) is 26.3 Å². The Morgan fingerprint density at radius 2 is 1.61 bits per heavy atom. The van der Waals surface area contributed by atoms with Crippen LogP contribution in [0, 0.1) is 0 Å². The molecule has 0 saturated carbocycles. The van der Waals surface area contributed by atoms with Crippen molar-refractivity contribution in [2.24, 2.45) is 0 Å². The molecule has 1 heterocycles. The van der Waals surface area contributed by atoms with Crippen LogP contribution in [0.15, 0.2) is 12.2 Å². The van der Waals surface area contributed by atoms with Gasteiger partial charge in [-0.3, -0.25) is 0 Å². The first-order valence-corrected chi connectivity index (χ1v) is 8.31. The van der Waals surface area contributed by atoms with Crippen molar-refractivity contribution in [2.75, 3.05) is 5.33 Å². The van der Waals surface area contributed by atoms with Gasteiger partial charge in [-0.15, -0.1) is 0 Å². The Morgan fingerprint density at radius 3 is 2.11 bits per heavy atom. The lowest BCUT2D eigenvalue weighted by molar-refractivity contribution is -0.139. The van der Waals surface area contributed by atoms with E-state index < -0.39 is 0 Å². The van der Waals surface area contributed by atoms with Crippen LogP contribution in [-0.2, 0) is 9.53 Å². The molecule has 3 heteroatoms. The van der Waals surface area contributed by atoms with Crippen LogP contribution in [0.4, 0.5) is 0 Å². The zero-order valence-electron chi connectivity index (χ0n) is 11.3. The maximum atomic E-state index is 11.1. The minimum Gasteiger partial charge on any atom is -0.459 e. The van der Waals surface area contributed by atoms with Crippen molar-refractivity contribution < 1.29 is 9.53 Å². The summed E-state index contributed by atoms with van der Waals surface area (Å²) in [7, 11) is 0. The Labute approximate surface area is 119 Å². The Kier molecular flexibility index (Phi) is 8.40. The van der Waals surface area contributed by atoms with Gasteiger partial charge in [-0.05, 0) is 19.3 Å². The lowest BCUT2D eigenvalue weighted by Gasteiger charge is -2.07. The third-order valence-corrected chi connectivity index (χ3v) is 4.01. The van der Waals surface area contributed by atoms with Crippen LogP contribution in [-0.4, -0.2) is 17.4 Å². The van der Waals surface area contributed by atoms with Gasteiger partial charge in [0.05, 0.1) is 0 Å². The molecule has 0 aromatic carbocycles. The molecule has 1 rings (SSSR count). The fraction of sp³-hybridized carbons (Fsp3) is 0.800. The maximum absolute atomic E-state index is 11.1. The Bertz CT molecular complexity index is 247. The highest BCUT2D eigenvalue weighted by atomic mass is 79.9. The number of ether oxygens (including phenoxy) is 1. The summed E-state index contributed by atoms with van der Waals surface area (Å²) < 4.78 is 5.20. The fourth-order valence-corrected chi connectivity index (χ4v) is 2.72. The number of cyclic esters (lactones) is 1. The van der Waals surface area contributed by atoms with Gasteiger partial charge in [0.25, 0.3) is 0 Å². The maximum Gasteiger partial charge on any atom is 0.333 e. The highest BCUT2D eigenvalue weighted by Gasteiger charge is 2.26. The highest BCUT2D eigenvalue weighted by Crippen LogP contribution is 2.23. The number of halogens is 1. The molecule has 1 aliphatic rings. The second kappa shape index (κ2) is 9.60. The van der Waals surface area contributed by atoms with E-state index in [1.807, 2.05) is 0 Å². The van der Waals surface area contributed by atoms with Crippen molar-refractivity contribution in [2.45, 2.75) is 70.3 Å². The molecule has 1 aliphatic heterocycles. The van der Waals surface area contributed by atoms with Crippen LogP contribution in [0.2, 0.25) is 0 Å². The lowest BCUT2D eigenvalue weighted by atomic mass is 10.0. The SMILES string of the molecule is C=C1CC(CCCCCCCCCCBr)OC1=O. The molecular weight excluding hydrogens is 292 g/mol. The van der Waals surface area contributed by atoms with Crippen molar-refractivity contribution in [3.05, 3.63) is 12.2 Å². The molecule has 1 unspecified atom stereocenters. The van der Waals surface area contributed by atoms with Crippen LogP contribution in [0.5, 0.6) is 0 Å². The second-order valence-corrected chi connectivity index (χ2v) is 5.93. The molecule has 0 aromatic heterocycles. The van der Waals surface area contributed by atoms with Gasteiger partial charge in [0.2, 0.25) is 0 Å². The minimum absolute atomic E-state index is 0.115. The molecule has 0 radical (unpaired) electrons. The number of hydrogen-bond acceptors (Lipinski definition) is 2. The van der Waals surface area contributed by atoms with E-state index in [2.05, 4.69) is 22.5 Å². The van der Waals surface area contributed by atoms with Crippen molar-refractivity contribution in [3.8, 4) is 0 Å². The molecule has 0 amide bonds. The fourth-order valence-electron chi connectivity index (χ4n) is 2.32. The number of alkyl halides is 1. The molecule has 0 spiro atoms. The zero-order valence-corrected chi connectivity index (χ0v) is 12.8. The van der Waals surface area contributed by atoms with E-state index in [1.54, 1.807) is 0 Å². The lowest BCUT2D eigenvalue weighted by Crippen LogP contribution is -2.06. The van der Waals surface area contributed by atoms with Crippen molar-refractivity contribution in [3.63, 3.8) is 0 Å². The predicted molar refractivity (Wildman–Crippen MR) is 79.0 cm³/mol. The Balaban J connectivity index is 1.84. The molecule has 0 bridgehead atoms. The molecule has 1 saturated heterocycles. The van der Waals surface area contributed by atoms with Gasteiger partial charge in [-0.2, -0.15) is 0 Å². The van der Waals surface area contributed by atoms with E-state index in [-0.39, 0.29) is 12.1 Å². The average Bonchev–Trinajstić information content (AvgIpc) is 2.67. The molecular formula is C15H25BrO2. The smallest absolute Gasteiger partial charge is 0.333 e.